The summed E-state index contributed by atoms with van der Waals surface area (Å²) in [7, 11) is 0. The number of guanidine groups is 1. The van der Waals surface area contributed by atoms with Gasteiger partial charge in [0.05, 0.1) is 19.6 Å². The molecule has 0 atom stereocenters. The van der Waals surface area contributed by atoms with E-state index in [0.717, 1.165) is 32.0 Å². The molecule has 2 heterocycles. The summed E-state index contributed by atoms with van der Waals surface area (Å²) in [5, 5.41) is 5.82. The zero-order valence-corrected chi connectivity index (χ0v) is 16.7. The number of imide groups is 1. The Balaban J connectivity index is 0.00000225. The molecule has 1 aromatic carbocycles. The van der Waals surface area contributed by atoms with Gasteiger partial charge < -0.3 is 15.5 Å². The van der Waals surface area contributed by atoms with E-state index in [9.17, 15) is 9.59 Å². The van der Waals surface area contributed by atoms with E-state index in [-0.39, 0.29) is 42.5 Å². The fourth-order valence-electron chi connectivity index (χ4n) is 3.04. The maximum atomic E-state index is 11.6. The van der Waals surface area contributed by atoms with E-state index in [0.29, 0.717) is 13.1 Å². The van der Waals surface area contributed by atoms with Crippen LogP contribution in [0.25, 0.3) is 0 Å². The first-order chi connectivity index (χ1) is 11.7. The number of nitrogens with zero attached hydrogens (tertiary/aromatic N) is 3. The number of carbonyl (C=O) groups is 2. The van der Waals surface area contributed by atoms with Gasteiger partial charge in [0.25, 0.3) is 0 Å². The van der Waals surface area contributed by atoms with Crippen LogP contribution in [0.5, 0.6) is 0 Å². The molecule has 1 fully saturated rings. The second-order valence-corrected chi connectivity index (χ2v) is 5.88. The highest BCUT2D eigenvalue weighted by atomic mass is 127. The molecule has 2 N–H and O–H groups in total. The number of nitrogens with one attached hydrogen (secondary N) is 2. The van der Waals surface area contributed by atoms with Gasteiger partial charge in [0.15, 0.2) is 5.96 Å². The molecular formula is C17H24IN5O2. The van der Waals surface area contributed by atoms with E-state index >= 15 is 0 Å². The Morgan fingerprint density at radius 2 is 2.04 bits per heavy atom. The highest BCUT2D eigenvalue weighted by Gasteiger charge is 2.27. The predicted octanol–water partition coefficient (Wildman–Crippen LogP) is 1.18. The molecule has 0 unspecified atom stereocenters. The predicted molar refractivity (Wildman–Crippen MR) is 107 cm³/mol. The molecule has 0 bridgehead atoms. The maximum Gasteiger partial charge on any atom is 0.324 e. The van der Waals surface area contributed by atoms with Crippen molar-refractivity contribution in [2.45, 2.75) is 19.9 Å². The minimum absolute atomic E-state index is 0. The number of aliphatic imine (C=N–C) groups is 1. The van der Waals surface area contributed by atoms with Crippen LogP contribution in [-0.4, -0.2) is 60.4 Å². The summed E-state index contributed by atoms with van der Waals surface area (Å²) in [6.07, 6.45) is 0.994. The SMILES string of the molecule is CCNC(=NCCN1C(=O)CNC1=O)N1CCc2ccccc2C1.I. The van der Waals surface area contributed by atoms with Crippen molar-refractivity contribution in [2.75, 3.05) is 32.7 Å². The molecule has 0 aliphatic carbocycles. The third-order valence-corrected chi connectivity index (χ3v) is 4.29. The zero-order chi connectivity index (χ0) is 16.9. The van der Waals surface area contributed by atoms with E-state index in [1.54, 1.807) is 0 Å². The van der Waals surface area contributed by atoms with Gasteiger partial charge in [-0.3, -0.25) is 14.7 Å². The number of rotatable bonds is 4. The van der Waals surface area contributed by atoms with Crippen molar-refractivity contribution in [1.82, 2.24) is 20.4 Å². The van der Waals surface area contributed by atoms with Crippen LogP contribution in [0.2, 0.25) is 0 Å². The third-order valence-electron chi connectivity index (χ3n) is 4.29. The van der Waals surface area contributed by atoms with Gasteiger partial charge in [-0.15, -0.1) is 24.0 Å². The van der Waals surface area contributed by atoms with Gasteiger partial charge >= 0.3 is 6.03 Å². The van der Waals surface area contributed by atoms with E-state index in [2.05, 4.69) is 44.8 Å². The number of amides is 3. The smallest absolute Gasteiger partial charge is 0.324 e. The second kappa shape index (κ2) is 9.02. The van der Waals surface area contributed by atoms with Crippen LogP contribution in [0.4, 0.5) is 4.79 Å². The Morgan fingerprint density at radius 3 is 2.72 bits per heavy atom. The van der Waals surface area contributed by atoms with Crippen LogP contribution in [0.15, 0.2) is 29.3 Å². The van der Waals surface area contributed by atoms with Crippen molar-refractivity contribution in [3.05, 3.63) is 35.4 Å². The second-order valence-electron chi connectivity index (χ2n) is 5.88. The molecule has 8 heteroatoms. The molecule has 0 spiro atoms. The minimum atomic E-state index is -0.327. The molecule has 7 nitrogen and oxygen atoms in total. The Labute approximate surface area is 164 Å². The molecule has 25 heavy (non-hydrogen) atoms. The van der Waals surface area contributed by atoms with Crippen molar-refractivity contribution in [3.63, 3.8) is 0 Å². The van der Waals surface area contributed by atoms with E-state index < -0.39 is 0 Å². The maximum absolute atomic E-state index is 11.6. The number of fused-ring (bicyclic) bond motifs is 1. The van der Waals surface area contributed by atoms with Crippen LogP contribution in [0, 0.1) is 0 Å². The van der Waals surface area contributed by atoms with E-state index in [1.165, 1.54) is 16.0 Å². The fraction of sp³-hybridized carbons (Fsp3) is 0.471. The lowest BCUT2D eigenvalue weighted by molar-refractivity contribution is -0.124. The van der Waals surface area contributed by atoms with E-state index in [1.807, 2.05) is 6.92 Å². The summed E-state index contributed by atoms with van der Waals surface area (Å²) in [5.74, 6) is 0.645. The first kappa shape index (κ1) is 19.5. The Hall–Kier alpha value is -1.84. The normalized spacial score (nSPS) is 17.1. The molecule has 0 saturated carbocycles. The summed E-state index contributed by atoms with van der Waals surface area (Å²) in [6.45, 7) is 5.34. The molecule has 3 rings (SSSR count). The third kappa shape index (κ3) is 4.62. The number of hydrogen-bond donors (Lipinski definition) is 2. The first-order valence-electron chi connectivity index (χ1n) is 8.37. The van der Waals surface area contributed by atoms with Crippen molar-refractivity contribution in [1.29, 1.82) is 0 Å². The van der Waals surface area contributed by atoms with Crippen molar-refractivity contribution in [2.24, 2.45) is 4.99 Å². The Bertz CT molecular complexity index is 648. The van der Waals surface area contributed by atoms with E-state index in [4.69, 9.17) is 0 Å². The zero-order valence-electron chi connectivity index (χ0n) is 14.3. The topological polar surface area (TPSA) is 77.0 Å². The van der Waals surface area contributed by atoms with Crippen LogP contribution in [0.1, 0.15) is 18.1 Å². The van der Waals surface area contributed by atoms with Crippen LogP contribution in [0.3, 0.4) is 0 Å². The molecule has 0 radical (unpaired) electrons. The van der Waals surface area contributed by atoms with Gasteiger partial charge in [-0.25, -0.2) is 4.79 Å². The molecule has 2 aliphatic heterocycles. The molecule has 2 aliphatic rings. The van der Waals surface area contributed by atoms with Crippen molar-refractivity contribution >= 4 is 41.9 Å². The fourth-order valence-corrected chi connectivity index (χ4v) is 3.04. The largest absolute Gasteiger partial charge is 0.357 e. The summed E-state index contributed by atoms with van der Waals surface area (Å²) in [4.78, 5) is 31.2. The molecular weight excluding hydrogens is 433 g/mol. The molecule has 136 valence electrons. The molecule has 1 saturated heterocycles. The highest BCUT2D eigenvalue weighted by molar-refractivity contribution is 14.0. The number of hydrogen-bond acceptors (Lipinski definition) is 3. The van der Waals surface area contributed by atoms with Crippen molar-refractivity contribution < 1.29 is 9.59 Å². The van der Waals surface area contributed by atoms with Gasteiger partial charge in [-0.1, -0.05) is 24.3 Å². The minimum Gasteiger partial charge on any atom is -0.357 e. The average molecular weight is 457 g/mol. The summed E-state index contributed by atoms with van der Waals surface area (Å²) in [6, 6.07) is 8.13. The standard InChI is InChI=1S/C17H23N5O2.HI/c1-2-18-16(19-8-10-22-15(23)11-20-17(22)24)21-9-7-13-5-3-4-6-14(13)12-21;/h3-6H,2,7-12H2,1H3,(H,18,19)(H,20,24);1H. The number of halogens is 1. The van der Waals surface area contributed by atoms with Gasteiger partial charge in [-0.2, -0.15) is 0 Å². The highest BCUT2D eigenvalue weighted by Crippen LogP contribution is 2.18. The first-order valence-corrected chi connectivity index (χ1v) is 8.37. The lowest BCUT2D eigenvalue weighted by atomic mass is 10.0. The quantitative estimate of drug-likeness (QED) is 0.308. The Kier molecular flexibility index (Phi) is 7.03. The molecule has 0 aromatic heterocycles. The summed E-state index contributed by atoms with van der Waals surface area (Å²) >= 11 is 0. The van der Waals surface area contributed by atoms with Crippen LogP contribution in [-0.2, 0) is 17.8 Å². The summed E-state index contributed by atoms with van der Waals surface area (Å²) < 4.78 is 0. The number of carbonyl (C=O) groups excluding carboxylic acids is 2. The number of benzene rings is 1. The lowest BCUT2D eigenvalue weighted by Crippen LogP contribution is -2.44. The van der Waals surface area contributed by atoms with Gasteiger partial charge in [0.1, 0.15) is 0 Å². The Morgan fingerprint density at radius 1 is 1.28 bits per heavy atom. The number of urea groups is 1. The van der Waals surface area contributed by atoms with Gasteiger partial charge in [0.2, 0.25) is 5.91 Å². The van der Waals surface area contributed by atoms with Crippen LogP contribution >= 0.6 is 24.0 Å². The summed E-state index contributed by atoms with van der Waals surface area (Å²) in [5.41, 5.74) is 2.72. The van der Waals surface area contributed by atoms with Gasteiger partial charge in [0, 0.05) is 19.6 Å². The van der Waals surface area contributed by atoms with Gasteiger partial charge in [-0.05, 0) is 24.5 Å². The molecule has 1 aromatic rings. The average Bonchev–Trinajstić information content (AvgIpc) is 2.92. The monoisotopic (exact) mass is 457 g/mol. The van der Waals surface area contributed by atoms with Crippen molar-refractivity contribution in [3.8, 4) is 0 Å². The molecule has 3 amide bonds. The van der Waals surface area contributed by atoms with Crippen LogP contribution < -0.4 is 10.6 Å². The lowest BCUT2D eigenvalue weighted by Gasteiger charge is -2.31.